The van der Waals surface area contributed by atoms with E-state index in [1.165, 1.54) is 0 Å². The Morgan fingerprint density at radius 3 is 2.38 bits per heavy atom. The fourth-order valence-corrected chi connectivity index (χ4v) is 0.684. The standard InChI is InChI=1S/C5H7NO2/c1-3-4(7)2-5(8)6-3/h3H,2H2,1H3,(H,6,8)/t3-/m0/s1. The first-order chi connectivity index (χ1) is 3.70. The number of carbonyl (C=O) groups is 2. The van der Waals surface area contributed by atoms with Gasteiger partial charge in [-0.25, -0.2) is 0 Å². The zero-order chi connectivity index (χ0) is 6.15. The van der Waals surface area contributed by atoms with E-state index < -0.39 is 0 Å². The second-order valence-corrected chi connectivity index (χ2v) is 1.93. The minimum atomic E-state index is -0.248. The number of nitrogens with one attached hydrogen (secondary N) is 1. The number of hydrogen-bond acceptors (Lipinski definition) is 2. The summed E-state index contributed by atoms with van der Waals surface area (Å²) in [5.74, 6) is -0.155. The number of ketones is 1. The Morgan fingerprint density at radius 2 is 2.25 bits per heavy atom. The minimum absolute atomic E-state index is 0.00463. The van der Waals surface area contributed by atoms with Gasteiger partial charge in [-0.1, -0.05) is 0 Å². The van der Waals surface area contributed by atoms with Gasteiger partial charge in [0.15, 0.2) is 5.78 Å². The quantitative estimate of drug-likeness (QED) is 0.429. The maximum absolute atomic E-state index is 10.5. The molecule has 1 heterocycles. The van der Waals surface area contributed by atoms with Crippen LogP contribution in [-0.2, 0) is 9.59 Å². The lowest BCUT2D eigenvalue weighted by Crippen LogP contribution is -2.25. The molecule has 1 amide bonds. The Balaban J connectivity index is 2.64. The zero-order valence-electron chi connectivity index (χ0n) is 4.60. The molecule has 0 radical (unpaired) electrons. The molecule has 44 valence electrons. The Morgan fingerprint density at radius 1 is 1.62 bits per heavy atom. The first-order valence-corrected chi connectivity index (χ1v) is 2.52. The second kappa shape index (κ2) is 1.58. The smallest absolute Gasteiger partial charge is 0.228 e. The van der Waals surface area contributed by atoms with Crippen molar-refractivity contribution in [2.75, 3.05) is 0 Å². The monoisotopic (exact) mass is 113 g/mol. The molecule has 1 N–H and O–H groups in total. The van der Waals surface area contributed by atoms with E-state index in [1.54, 1.807) is 6.92 Å². The molecule has 1 fully saturated rings. The number of carbonyl (C=O) groups excluding carboxylic acids is 2. The summed E-state index contributed by atoms with van der Waals surface area (Å²) in [4.78, 5) is 20.8. The van der Waals surface area contributed by atoms with Crippen LogP contribution in [-0.4, -0.2) is 17.7 Å². The van der Waals surface area contributed by atoms with Gasteiger partial charge in [0, 0.05) is 0 Å². The van der Waals surface area contributed by atoms with Gasteiger partial charge in [0.05, 0.1) is 12.5 Å². The predicted octanol–water partition coefficient (Wildman–Crippen LogP) is -0.536. The highest BCUT2D eigenvalue weighted by Gasteiger charge is 2.25. The average molecular weight is 113 g/mol. The molecule has 0 aliphatic carbocycles. The van der Waals surface area contributed by atoms with Crippen molar-refractivity contribution in [3.8, 4) is 0 Å². The van der Waals surface area contributed by atoms with E-state index in [1.807, 2.05) is 0 Å². The summed E-state index contributed by atoms with van der Waals surface area (Å²) < 4.78 is 0. The molecule has 1 atom stereocenters. The van der Waals surface area contributed by atoms with Gasteiger partial charge in [-0.05, 0) is 6.92 Å². The topological polar surface area (TPSA) is 46.2 Å². The van der Waals surface area contributed by atoms with Gasteiger partial charge in [-0.15, -0.1) is 0 Å². The summed E-state index contributed by atoms with van der Waals surface area (Å²) in [6, 6.07) is -0.248. The maximum Gasteiger partial charge on any atom is 0.228 e. The summed E-state index contributed by atoms with van der Waals surface area (Å²) in [7, 11) is 0. The van der Waals surface area contributed by atoms with E-state index in [4.69, 9.17) is 0 Å². The third-order valence-electron chi connectivity index (χ3n) is 1.20. The molecule has 3 nitrogen and oxygen atoms in total. The molecule has 0 aromatic heterocycles. The van der Waals surface area contributed by atoms with Crippen LogP contribution in [0.25, 0.3) is 0 Å². The normalized spacial score (nSPS) is 28.4. The van der Waals surface area contributed by atoms with Crippen LogP contribution in [0.1, 0.15) is 13.3 Å². The van der Waals surface area contributed by atoms with Crippen molar-refractivity contribution >= 4 is 11.7 Å². The summed E-state index contributed by atoms with van der Waals surface area (Å²) >= 11 is 0. The highest BCUT2D eigenvalue weighted by Crippen LogP contribution is 1.99. The third-order valence-corrected chi connectivity index (χ3v) is 1.20. The summed E-state index contributed by atoms with van der Waals surface area (Å²) in [5.41, 5.74) is 0. The molecule has 1 rings (SSSR count). The summed E-state index contributed by atoms with van der Waals surface area (Å²) in [6.07, 6.45) is 0.0706. The van der Waals surface area contributed by atoms with Gasteiger partial charge in [0.2, 0.25) is 5.91 Å². The van der Waals surface area contributed by atoms with Crippen molar-refractivity contribution < 1.29 is 9.59 Å². The zero-order valence-corrected chi connectivity index (χ0v) is 4.60. The molecular weight excluding hydrogens is 106 g/mol. The van der Waals surface area contributed by atoms with Crippen molar-refractivity contribution in [2.45, 2.75) is 19.4 Å². The van der Waals surface area contributed by atoms with Crippen molar-refractivity contribution in [1.29, 1.82) is 0 Å². The molecule has 0 bridgehead atoms. The molecule has 8 heavy (non-hydrogen) atoms. The lowest BCUT2D eigenvalue weighted by molar-refractivity contribution is -0.122. The van der Waals surface area contributed by atoms with Crippen molar-refractivity contribution in [3.63, 3.8) is 0 Å². The van der Waals surface area contributed by atoms with Crippen LogP contribution in [0.2, 0.25) is 0 Å². The van der Waals surface area contributed by atoms with Gasteiger partial charge >= 0.3 is 0 Å². The Labute approximate surface area is 47.1 Å². The predicted molar refractivity (Wildman–Crippen MR) is 27.2 cm³/mol. The second-order valence-electron chi connectivity index (χ2n) is 1.93. The van der Waals surface area contributed by atoms with Crippen LogP contribution in [0.4, 0.5) is 0 Å². The molecule has 0 spiro atoms. The van der Waals surface area contributed by atoms with Crippen LogP contribution in [0.3, 0.4) is 0 Å². The van der Waals surface area contributed by atoms with E-state index >= 15 is 0 Å². The van der Waals surface area contributed by atoms with Gasteiger partial charge in [-0.3, -0.25) is 9.59 Å². The number of amides is 1. The Bertz CT molecular complexity index is 141. The Kier molecular flexibility index (Phi) is 1.04. The Hall–Kier alpha value is -0.860. The van der Waals surface area contributed by atoms with Crippen molar-refractivity contribution in [2.24, 2.45) is 0 Å². The van der Waals surface area contributed by atoms with Gasteiger partial charge in [0.1, 0.15) is 0 Å². The van der Waals surface area contributed by atoms with Crippen LogP contribution in [0.15, 0.2) is 0 Å². The van der Waals surface area contributed by atoms with Gasteiger partial charge in [0.25, 0.3) is 0 Å². The maximum atomic E-state index is 10.5. The number of Topliss-reactive ketones (excluding diaryl/α,β-unsaturated/α-hetero) is 1. The number of hydrogen-bond donors (Lipinski definition) is 1. The van der Waals surface area contributed by atoms with Crippen LogP contribution >= 0.6 is 0 Å². The minimum Gasteiger partial charge on any atom is -0.346 e. The number of rotatable bonds is 0. The molecule has 0 saturated carbocycles. The fourth-order valence-electron chi connectivity index (χ4n) is 0.684. The highest BCUT2D eigenvalue weighted by atomic mass is 16.2. The average Bonchev–Trinajstić information content (AvgIpc) is 1.85. The third kappa shape index (κ3) is 0.710. The molecule has 0 aromatic rings. The van der Waals surface area contributed by atoms with Crippen molar-refractivity contribution in [1.82, 2.24) is 5.32 Å². The van der Waals surface area contributed by atoms with E-state index in [2.05, 4.69) is 5.32 Å². The van der Waals surface area contributed by atoms with Crippen LogP contribution in [0, 0.1) is 0 Å². The molecule has 1 aliphatic rings. The molecule has 0 aromatic carbocycles. The van der Waals surface area contributed by atoms with Gasteiger partial charge in [-0.2, -0.15) is 0 Å². The first-order valence-electron chi connectivity index (χ1n) is 2.52. The van der Waals surface area contributed by atoms with E-state index in [0.717, 1.165) is 0 Å². The van der Waals surface area contributed by atoms with E-state index in [0.29, 0.717) is 0 Å². The first kappa shape index (κ1) is 5.28. The van der Waals surface area contributed by atoms with E-state index in [9.17, 15) is 9.59 Å². The summed E-state index contributed by atoms with van der Waals surface area (Å²) in [6.45, 7) is 1.69. The fraction of sp³-hybridized carbons (Fsp3) is 0.600. The molecule has 1 saturated heterocycles. The molecular formula is C5H7NO2. The van der Waals surface area contributed by atoms with E-state index in [-0.39, 0.29) is 24.2 Å². The summed E-state index contributed by atoms with van der Waals surface area (Å²) in [5, 5.41) is 2.48. The van der Waals surface area contributed by atoms with Crippen LogP contribution < -0.4 is 5.32 Å². The molecule has 1 aliphatic heterocycles. The van der Waals surface area contributed by atoms with Crippen molar-refractivity contribution in [3.05, 3.63) is 0 Å². The molecule has 3 heteroatoms. The SMILES string of the molecule is C[C@@H]1NC(=O)CC1=O. The lowest BCUT2D eigenvalue weighted by atomic mass is 10.2. The van der Waals surface area contributed by atoms with Crippen LogP contribution in [0.5, 0.6) is 0 Å². The molecule has 0 unspecified atom stereocenters. The highest BCUT2D eigenvalue weighted by molar-refractivity contribution is 6.07. The largest absolute Gasteiger partial charge is 0.346 e. The lowest BCUT2D eigenvalue weighted by Gasteiger charge is -1.94. The van der Waals surface area contributed by atoms with Gasteiger partial charge < -0.3 is 5.32 Å².